The molecule has 0 aliphatic carbocycles. The van der Waals surface area contributed by atoms with Crippen LogP contribution in [0.1, 0.15) is 29.9 Å². The van der Waals surface area contributed by atoms with Crippen LogP contribution >= 0.6 is 11.6 Å². The molecule has 0 amide bonds. The second-order valence-corrected chi connectivity index (χ2v) is 6.67. The average Bonchev–Trinajstić information content (AvgIpc) is 3.16. The van der Waals surface area contributed by atoms with Crippen LogP contribution in [-0.2, 0) is 12.0 Å². The molecule has 1 fully saturated rings. The zero-order valence-electron chi connectivity index (χ0n) is 13.8. The molecule has 2 aromatic heterocycles. The summed E-state index contributed by atoms with van der Waals surface area (Å²) in [7, 11) is 0. The van der Waals surface area contributed by atoms with Gasteiger partial charge in [-0.1, -0.05) is 29.8 Å². The Labute approximate surface area is 151 Å². The summed E-state index contributed by atoms with van der Waals surface area (Å²) >= 11 is 6.57. The largest absolute Gasteiger partial charge is 0.317 e. The zero-order valence-corrected chi connectivity index (χ0v) is 14.5. The van der Waals surface area contributed by atoms with Gasteiger partial charge in [0, 0.05) is 16.6 Å². The highest BCUT2D eigenvalue weighted by atomic mass is 35.5. The quantitative estimate of drug-likeness (QED) is 0.779. The van der Waals surface area contributed by atoms with Crippen molar-refractivity contribution in [2.75, 3.05) is 13.1 Å². The van der Waals surface area contributed by atoms with Crippen LogP contribution in [0.5, 0.6) is 0 Å². The predicted molar refractivity (Wildman–Crippen MR) is 95.5 cm³/mol. The van der Waals surface area contributed by atoms with E-state index in [-0.39, 0.29) is 5.41 Å². The molecule has 4 rings (SSSR count). The summed E-state index contributed by atoms with van der Waals surface area (Å²) in [5.74, 6) is 0.730. The minimum absolute atomic E-state index is 0.191. The summed E-state index contributed by atoms with van der Waals surface area (Å²) < 4.78 is 1.73. The molecular weight excluding hydrogens is 336 g/mol. The monoisotopic (exact) mass is 354 g/mol. The van der Waals surface area contributed by atoms with E-state index in [0.29, 0.717) is 6.54 Å². The van der Waals surface area contributed by atoms with Crippen LogP contribution in [0.25, 0.3) is 0 Å². The highest BCUT2D eigenvalue weighted by Crippen LogP contribution is 2.42. The number of aromatic nitrogens is 5. The molecule has 0 atom stereocenters. The van der Waals surface area contributed by atoms with Crippen molar-refractivity contribution in [3.63, 3.8) is 0 Å². The Morgan fingerprint density at radius 2 is 2.00 bits per heavy atom. The first-order chi connectivity index (χ1) is 12.3. The van der Waals surface area contributed by atoms with Crippen molar-refractivity contribution in [2.24, 2.45) is 0 Å². The van der Waals surface area contributed by atoms with E-state index in [2.05, 4.69) is 26.4 Å². The molecule has 1 aliphatic rings. The van der Waals surface area contributed by atoms with Gasteiger partial charge in [-0.25, -0.2) is 19.6 Å². The fourth-order valence-corrected chi connectivity index (χ4v) is 3.88. The maximum Gasteiger partial charge on any atom is 0.150 e. The van der Waals surface area contributed by atoms with Crippen molar-refractivity contribution in [1.82, 2.24) is 30.0 Å². The third-order valence-electron chi connectivity index (χ3n) is 4.81. The molecule has 0 bridgehead atoms. The number of hydrogen-bond donors (Lipinski definition) is 1. The van der Waals surface area contributed by atoms with Crippen LogP contribution in [0.15, 0.2) is 49.2 Å². The van der Waals surface area contributed by atoms with Gasteiger partial charge in [0.05, 0.1) is 5.69 Å². The lowest BCUT2D eigenvalue weighted by molar-refractivity contribution is 0.353. The average molecular weight is 355 g/mol. The first-order valence-electron chi connectivity index (χ1n) is 8.38. The maximum atomic E-state index is 6.57. The first kappa shape index (κ1) is 16.2. The van der Waals surface area contributed by atoms with Crippen molar-refractivity contribution in [2.45, 2.75) is 24.8 Å². The van der Waals surface area contributed by atoms with E-state index in [1.165, 1.54) is 6.33 Å². The number of rotatable bonds is 4. The molecule has 6 nitrogen and oxygen atoms in total. The molecule has 0 spiro atoms. The number of nitrogens with one attached hydrogen (secondary N) is 1. The number of nitrogens with zero attached hydrogens (tertiary/aromatic N) is 5. The summed E-state index contributed by atoms with van der Waals surface area (Å²) in [5.41, 5.74) is 1.97. The third-order valence-corrected chi connectivity index (χ3v) is 5.14. The molecule has 3 heterocycles. The second-order valence-electron chi connectivity index (χ2n) is 6.26. The molecule has 1 aromatic carbocycles. The normalized spacial score (nSPS) is 16.7. The van der Waals surface area contributed by atoms with Crippen LogP contribution < -0.4 is 5.32 Å². The van der Waals surface area contributed by atoms with E-state index in [9.17, 15) is 0 Å². The molecule has 1 aliphatic heterocycles. The Bertz CT molecular complexity index is 842. The molecule has 25 heavy (non-hydrogen) atoms. The lowest BCUT2D eigenvalue weighted by atomic mass is 9.70. The fraction of sp³-hybridized carbons (Fsp3) is 0.333. The lowest BCUT2D eigenvalue weighted by Crippen LogP contribution is -2.41. The zero-order chi connectivity index (χ0) is 17.1. The van der Waals surface area contributed by atoms with E-state index in [4.69, 9.17) is 16.6 Å². The van der Waals surface area contributed by atoms with E-state index in [0.717, 1.165) is 48.0 Å². The van der Waals surface area contributed by atoms with Gasteiger partial charge in [0.1, 0.15) is 25.0 Å². The first-order valence-corrected chi connectivity index (χ1v) is 8.76. The number of halogens is 1. The van der Waals surface area contributed by atoms with Crippen molar-refractivity contribution in [1.29, 1.82) is 0 Å². The van der Waals surface area contributed by atoms with Gasteiger partial charge in [-0.15, -0.1) is 0 Å². The number of hydrogen-bond acceptors (Lipinski definition) is 5. The van der Waals surface area contributed by atoms with E-state index >= 15 is 0 Å². The molecule has 1 saturated heterocycles. The molecule has 1 N–H and O–H groups in total. The smallest absolute Gasteiger partial charge is 0.150 e. The highest BCUT2D eigenvalue weighted by Gasteiger charge is 2.38. The van der Waals surface area contributed by atoms with Crippen molar-refractivity contribution in [3.8, 4) is 0 Å². The van der Waals surface area contributed by atoms with Crippen molar-refractivity contribution >= 4 is 11.6 Å². The van der Waals surface area contributed by atoms with Gasteiger partial charge in [0.15, 0.2) is 0 Å². The van der Waals surface area contributed by atoms with Gasteiger partial charge in [-0.2, -0.15) is 5.10 Å². The Balaban J connectivity index is 1.77. The summed E-state index contributed by atoms with van der Waals surface area (Å²) in [5, 5.41) is 8.37. The predicted octanol–water partition coefficient (Wildman–Crippen LogP) is 2.44. The second kappa shape index (κ2) is 6.90. The molecule has 0 unspecified atom stereocenters. The Morgan fingerprint density at radius 3 is 2.76 bits per heavy atom. The van der Waals surface area contributed by atoms with Gasteiger partial charge in [-0.05, 0) is 43.6 Å². The maximum absolute atomic E-state index is 6.57. The molecule has 3 aromatic rings. The van der Waals surface area contributed by atoms with Crippen LogP contribution in [0.2, 0.25) is 5.02 Å². The molecule has 128 valence electrons. The fourth-order valence-electron chi connectivity index (χ4n) is 3.57. The minimum Gasteiger partial charge on any atom is -0.317 e. The molecule has 7 heteroatoms. The van der Waals surface area contributed by atoms with Gasteiger partial charge in [0.2, 0.25) is 0 Å². The van der Waals surface area contributed by atoms with Gasteiger partial charge in [0.25, 0.3) is 0 Å². The van der Waals surface area contributed by atoms with Crippen molar-refractivity contribution in [3.05, 3.63) is 71.3 Å². The van der Waals surface area contributed by atoms with Crippen LogP contribution in [0.4, 0.5) is 0 Å². The number of piperidine rings is 1. The summed E-state index contributed by atoms with van der Waals surface area (Å²) in [6, 6.07) is 10.1. The van der Waals surface area contributed by atoms with Gasteiger partial charge in [-0.3, -0.25) is 0 Å². The van der Waals surface area contributed by atoms with Gasteiger partial charge >= 0.3 is 0 Å². The van der Waals surface area contributed by atoms with Crippen LogP contribution in [0, 0.1) is 0 Å². The summed E-state index contributed by atoms with van der Waals surface area (Å²) in [6.45, 7) is 2.38. The van der Waals surface area contributed by atoms with E-state index < -0.39 is 0 Å². The topological polar surface area (TPSA) is 68.5 Å². The Kier molecular flexibility index (Phi) is 4.46. The van der Waals surface area contributed by atoms with Crippen LogP contribution in [-0.4, -0.2) is 37.8 Å². The van der Waals surface area contributed by atoms with Crippen LogP contribution in [0.3, 0.4) is 0 Å². The Morgan fingerprint density at radius 1 is 1.16 bits per heavy atom. The SMILES string of the molecule is Clc1ccccc1C1(c2ccnc(Cn3cncn3)n2)CCNCC1. The third kappa shape index (κ3) is 3.15. The summed E-state index contributed by atoms with van der Waals surface area (Å²) in [6.07, 6.45) is 6.93. The summed E-state index contributed by atoms with van der Waals surface area (Å²) in [4.78, 5) is 13.3. The Hall–Kier alpha value is -2.31. The van der Waals surface area contributed by atoms with Gasteiger partial charge < -0.3 is 5.32 Å². The van der Waals surface area contributed by atoms with Crippen molar-refractivity contribution < 1.29 is 0 Å². The lowest BCUT2D eigenvalue weighted by Gasteiger charge is -2.38. The standard InChI is InChI=1S/C18H19ClN6/c19-15-4-2-1-3-14(15)18(6-9-20-10-7-18)16-5-8-22-17(24-16)11-25-13-21-12-23-25/h1-5,8,12-13,20H,6-7,9-11H2. The molecular formula is C18H19ClN6. The van der Waals surface area contributed by atoms with E-state index in [1.54, 1.807) is 11.0 Å². The molecule has 0 radical (unpaired) electrons. The minimum atomic E-state index is -0.191. The highest BCUT2D eigenvalue weighted by molar-refractivity contribution is 6.31. The molecule has 0 saturated carbocycles. The number of benzene rings is 1. The van der Waals surface area contributed by atoms with E-state index in [1.807, 2.05) is 30.5 Å².